The van der Waals surface area contributed by atoms with E-state index >= 15 is 0 Å². The van der Waals surface area contributed by atoms with Gasteiger partial charge in [-0.25, -0.2) is 0 Å². The van der Waals surface area contributed by atoms with Crippen LogP contribution in [0.25, 0.3) is 0 Å². The van der Waals surface area contributed by atoms with Crippen LogP contribution in [0.2, 0.25) is 10.0 Å². The minimum absolute atomic E-state index is 0.166. The number of halogens is 2. The monoisotopic (exact) mass is 342 g/mol. The Balaban J connectivity index is 1.97. The van der Waals surface area contributed by atoms with Gasteiger partial charge in [0.1, 0.15) is 0 Å². The second kappa shape index (κ2) is 7.58. The van der Waals surface area contributed by atoms with E-state index in [-0.39, 0.29) is 12.5 Å². The fourth-order valence-corrected chi connectivity index (χ4v) is 2.37. The molecule has 0 bridgehead atoms. The summed E-state index contributed by atoms with van der Waals surface area (Å²) in [5.41, 5.74) is 0.417. The summed E-state index contributed by atoms with van der Waals surface area (Å²) in [6, 6.07) is 5.06. The zero-order valence-electron chi connectivity index (χ0n) is 12.3. The Labute approximate surface area is 138 Å². The number of aryl methyl sites for hydroxylation is 1. The molecule has 1 aromatic heterocycles. The number of aromatic nitrogens is 2. The molecule has 0 aliphatic carbocycles. The number of likely N-dealkylation sites (N-methyl/N-ethyl adjacent to an activating group) is 1. The summed E-state index contributed by atoms with van der Waals surface area (Å²) in [4.78, 5) is 18.1. The summed E-state index contributed by atoms with van der Waals surface area (Å²) in [5, 5.41) is 7.25. The molecule has 1 aromatic carbocycles. The third-order valence-corrected chi connectivity index (χ3v) is 3.60. The number of para-hydroxylation sites is 1. The van der Waals surface area contributed by atoms with E-state index in [1.165, 1.54) is 0 Å². The van der Waals surface area contributed by atoms with Crippen molar-refractivity contribution in [3.8, 4) is 0 Å². The van der Waals surface area contributed by atoms with Gasteiger partial charge in [-0.2, -0.15) is 4.98 Å². The van der Waals surface area contributed by atoms with Gasteiger partial charge >= 0.3 is 0 Å². The van der Waals surface area contributed by atoms with Crippen molar-refractivity contribution in [3.05, 3.63) is 40.0 Å². The van der Waals surface area contributed by atoms with Crippen LogP contribution in [-0.4, -0.2) is 34.0 Å². The lowest BCUT2D eigenvalue weighted by Crippen LogP contribution is -2.33. The molecule has 1 N–H and O–H groups in total. The van der Waals surface area contributed by atoms with E-state index in [4.69, 9.17) is 27.7 Å². The number of nitrogens with zero attached hydrogens (tertiary/aromatic N) is 3. The average Bonchev–Trinajstić information content (AvgIpc) is 2.87. The van der Waals surface area contributed by atoms with Gasteiger partial charge in [0.25, 0.3) is 0 Å². The quantitative estimate of drug-likeness (QED) is 0.872. The molecule has 0 saturated heterocycles. The van der Waals surface area contributed by atoms with Crippen LogP contribution in [0, 0.1) is 6.92 Å². The highest BCUT2D eigenvalue weighted by atomic mass is 35.5. The Kier molecular flexibility index (Phi) is 5.76. The first-order chi connectivity index (χ1) is 10.5. The van der Waals surface area contributed by atoms with E-state index in [0.29, 0.717) is 40.5 Å². The standard InChI is InChI=1S/C14H16Cl2N4O2/c1-3-20(8-13-17-9(2)19-22-13)7-12(21)18-14-10(15)5-4-6-11(14)16/h4-6H,3,7-8H2,1-2H3,(H,18,21). The summed E-state index contributed by atoms with van der Waals surface area (Å²) in [6.45, 7) is 4.92. The zero-order valence-corrected chi connectivity index (χ0v) is 13.8. The summed E-state index contributed by atoms with van der Waals surface area (Å²) >= 11 is 12.1. The Morgan fingerprint density at radius 2 is 2.05 bits per heavy atom. The third kappa shape index (κ3) is 4.43. The molecule has 0 aliphatic heterocycles. The van der Waals surface area contributed by atoms with Crippen molar-refractivity contribution in [1.29, 1.82) is 0 Å². The molecule has 2 aromatic rings. The number of anilines is 1. The van der Waals surface area contributed by atoms with Crippen molar-refractivity contribution in [2.45, 2.75) is 20.4 Å². The highest BCUT2D eigenvalue weighted by Crippen LogP contribution is 2.29. The Bertz CT molecular complexity index is 640. The van der Waals surface area contributed by atoms with E-state index in [2.05, 4.69) is 15.5 Å². The van der Waals surface area contributed by atoms with Gasteiger partial charge in [0.05, 0.1) is 28.8 Å². The number of amides is 1. The molecule has 2 rings (SSSR count). The topological polar surface area (TPSA) is 71.3 Å². The van der Waals surface area contributed by atoms with Crippen LogP contribution in [0.1, 0.15) is 18.6 Å². The molecule has 0 radical (unpaired) electrons. The molecule has 22 heavy (non-hydrogen) atoms. The molecule has 0 aliphatic rings. The predicted octanol–water partition coefficient (Wildman–Crippen LogP) is 3.15. The first-order valence-corrected chi connectivity index (χ1v) is 7.50. The molecular weight excluding hydrogens is 327 g/mol. The maximum atomic E-state index is 12.1. The lowest BCUT2D eigenvalue weighted by Gasteiger charge is -2.18. The molecule has 0 saturated carbocycles. The van der Waals surface area contributed by atoms with Crippen LogP contribution in [-0.2, 0) is 11.3 Å². The molecule has 0 unspecified atom stereocenters. The van der Waals surface area contributed by atoms with Crippen molar-refractivity contribution in [3.63, 3.8) is 0 Å². The van der Waals surface area contributed by atoms with E-state index in [9.17, 15) is 4.79 Å². The number of nitrogens with one attached hydrogen (secondary N) is 1. The molecule has 118 valence electrons. The van der Waals surface area contributed by atoms with Gasteiger partial charge in [-0.15, -0.1) is 0 Å². The summed E-state index contributed by atoms with van der Waals surface area (Å²) in [6.07, 6.45) is 0. The van der Waals surface area contributed by atoms with Crippen molar-refractivity contribution in [1.82, 2.24) is 15.0 Å². The number of hydrogen-bond acceptors (Lipinski definition) is 5. The highest BCUT2D eigenvalue weighted by Gasteiger charge is 2.15. The van der Waals surface area contributed by atoms with Gasteiger partial charge in [0.15, 0.2) is 5.82 Å². The second-order valence-corrected chi connectivity index (χ2v) is 5.50. The summed E-state index contributed by atoms with van der Waals surface area (Å²) < 4.78 is 5.06. The van der Waals surface area contributed by atoms with Crippen molar-refractivity contribution in [2.24, 2.45) is 0 Å². The van der Waals surface area contributed by atoms with E-state index in [1.807, 2.05) is 11.8 Å². The van der Waals surface area contributed by atoms with Gasteiger partial charge in [-0.05, 0) is 25.6 Å². The Morgan fingerprint density at radius 1 is 1.36 bits per heavy atom. The number of rotatable bonds is 6. The molecular formula is C14H16Cl2N4O2. The fourth-order valence-electron chi connectivity index (χ4n) is 1.87. The summed E-state index contributed by atoms with van der Waals surface area (Å²) in [5.74, 6) is 0.828. The van der Waals surface area contributed by atoms with E-state index < -0.39 is 0 Å². The van der Waals surface area contributed by atoms with Gasteiger partial charge in [0.2, 0.25) is 11.8 Å². The number of carbonyl (C=O) groups excluding carboxylic acids is 1. The molecule has 0 spiro atoms. The van der Waals surface area contributed by atoms with Crippen LogP contribution in [0.5, 0.6) is 0 Å². The number of carbonyl (C=O) groups is 1. The Hall–Kier alpha value is -1.63. The summed E-state index contributed by atoms with van der Waals surface area (Å²) in [7, 11) is 0. The molecule has 8 heteroatoms. The zero-order chi connectivity index (χ0) is 16.1. The number of hydrogen-bond donors (Lipinski definition) is 1. The molecule has 6 nitrogen and oxygen atoms in total. The van der Waals surface area contributed by atoms with E-state index in [1.54, 1.807) is 25.1 Å². The maximum Gasteiger partial charge on any atom is 0.240 e. The lowest BCUT2D eigenvalue weighted by molar-refractivity contribution is -0.117. The minimum atomic E-state index is -0.215. The molecule has 1 heterocycles. The van der Waals surface area contributed by atoms with Gasteiger partial charge < -0.3 is 9.84 Å². The van der Waals surface area contributed by atoms with Crippen LogP contribution >= 0.6 is 23.2 Å². The smallest absolute Gasteiger partial charge is 0.240 e. The van der Waals surface area contributed by atoms with Gasteiger partial charge in [-0.1, -0.05) is 41.3 Å². The van der Waals surface area contributed by atoms with Crippen molar-refractivity contribution >= 4 is 34.8 Å². The largest absolute Gasteiger partial charge is 0.338 e. The molecule has 1 amide bonds. The maximum absolute atomic E-state index is 12.1. The lowest BCUT2D eigenvalue weighted by atomic mass is 10.3. The predicted molar refractivity (Wildman–Crippen MR) is 85.1 cm³/mol. The third-order valence-electron chi connectivity index (χ3n) is 2.97. The van der Waals surface area contributed by atoms with Crippen molar-refractivity contribution < 1.29 is 9.32 Å². The fraction of sp³-hybridized carbons (Fsp3) is 0.357. The highest BCUT2D eigenvalue weighted by molar-refractivity contribution is 6.39. The first-order valence-electron chi connectivity index (χ1n) is 6.75. The van der Waals surface area contributed by atoms with Crippen LogP contribution < -0.4 is 5.32 Å². The van der Waals surface area contributed by atoms with Crippen LogP contribution in [0.3, 0.4) is 0 Å². The van der Waals surface area contributed by atoms with E-state index in [0.717, 1.165) is 0 Å². The molecule has 0 atom stereocenters. The molecule has 0 fully saturated rings. The minimum Gasteiger partial charge on any atom is -0.338 e. The normalized spacial score (nSPS) is 11.0. The van der Waals surface area contributed by atoms with Crippen LogP contribution in [0.15, 0.2) is 22.7 Å². The van der Waals surface area contributed by atoms with Gasteiger partial charge in [0, 0.05) is 0 Å². The van der Waals surface area contributed by atoms with Crippen molar-refractivity contribution in [2.75, 3.05) is 18.4 Å². The first kappa shape index (κ1) is 16.7. The Morgan fingerprint density at radius 3 is 2.59 bits per heavy atom. The average molecular weight is 343 g/mol. The second-order valence-electron chi connectivity index (χ2n) is 4.68. The SMILES string of the molecule is CCN(CC(=O)Nc1c(Cl)cccc1Cl)Cc1nc(C)no1. The van der Waals surface area contributed by atoms with Gasteiger partial charge in [-0.3, -0.25) is 9.69 Å². The number of benzene rings is 1. The van der Waals surface area contributed by atoms with Crippen LogP contribution in [0.4, 0.5) is 5.69 Å².